The van der Waals surface area contributed by atoms with Crippen molar-refractivity contribution in [3.8, 4) is 0 Å². The Morgan fingerprint density at radius 2 is 2.00 bits per heavy atom. The molecule has 0 aliphatic rings. The molecule has 0 radical (unpaired) electrons. The molecule has 0 aliphatic carbocycles. The minimum absolute atomic E-state index is 0.0901. The lowest BCUT2D eigenvalue weighted by Gasteiger charge is -2.27. The normalized spacial score (nSPS) is 13.9. The molecule has 2 aromatic rings. The van der Waals surface area contributed by atoms with E-state index in [9.17, 15) is 4.79 Å². The zero-order valence-electron chi connectivity index (χ0n) is 10.2. The summed E-state index contributed by atoms with van der Waals surface area (Å²) in [6.45, 7) is 6.05. The number of nitrogens with one attached hydrogen (secondary N) is 1. The zero-order chi connectivity index (χ0) is 12.6. The number of fused-ring (bicyclic) bond motifs is 1. The molecule has 1 unspecified atom stereocenters. The lowest BCUT2D eigenvalue weighted by molar-refractivity contribution is 0.488. The molecule has 1 N–H and O–H groups in total. The van der Waals surface area contributed by atoms with Gasteiger partial charge < -0.3 is 4.98 Å². The van der Waals surface area contributed by atoms with Crippen LogP contribution in [0.1, 0.15) is 26.6 Å². The van der Waals surface area contributed by atoms with Gasteiger partial charge >= 0.3 is 0 Å². The Balaban J connectivity index is 2.70. The van der Waals surface area contributed by atoms with E-state index >= 15 is 0 Å². The summed E-state index contributed by atoms with van der Waals surface area (Å²) in [6.07, 6.45) is 0. The van der Waals surface area contributed by atoms with Gasteiger partial charge in [-0.2, -0.15) is 12.6 Å². The molecule has 3 nitrogen and oxygen atoms in total. The maximum absolute atomic E-state index is 11.9. The fourth-order valence-electron chi connectivity index (χ4n) is 1.59. The molecule has 0 spiro atoms. The predicted octanol–water partition coefficient (Wildman–Crippen LogP) is 2.52. The highest BCUT2D eigenvalue weighted by Gasteiger charge is 2.28. The first-order chi connectivity index (χ1) is 7.93. The monoisotopic (exact) mass is 248 g/mol. The minimum atomic E-state index is -0.272. The number of H-pyrrole nitrogens is 1. The maximum atomic E-state index is 11.9. The fourth-order valence-corrected chi connectivity index (χ4v) is 1.71. The average molecular weight is 248 g/mol. The molecular formula is C13H16N2OS. The Kier molecular flexibility index (Phi) is 3.00. The van der Waals surface area contributed by atoms with Gasteiger partial charge in [0.05, 0.1) is 10.9 Å². The average Bonchev–Trinajstić information content (AvgIpc) is 2.28. The minimum Gasteiger partial charge on any atom is -0.310 e. The molecule has 0 aliphatic heterocycles. The SMILES string of the molecule is CC(S)C(C)(C)c1nc2ccccc2c(=O)[nH]1. The molecule has 0 saturated heterocycles. The molecular weight excluding hydrogens is 232 g/mol. The van der Waals surface area contributed by atoms with Crippen molar-refractivity contribution in [3.05, 3.63) is 40.4 Å². The van der Waals surface area contributed by atoms with Gasteiger partial charge in [0.15, 0.2) is 0 Å². The van der Waals surface area contributed by atoms with Crippen LogP contribution in [-0.4, -0.2) is 15.2 Å². The second-order valence-electron chi connectivity index (χ2n) is 4.83. The van der Waals surface area contributed by atoms with Gasteiger partial charge in [0.2, 0.25) is 0 Å². The Morgan fingerprint density at radius 1 is 1.35 bits per heavy atom. The van der Waals surface area contributed by atoms with Crippen molar-refractivity contribution in [2.75, 3.05) is 0 Å². The van der Waals surface area contributed by atoms with Crippen LogP contribution in [0, 0.1) is 0 Å². The first-order valence-electron chi connectivity index (χ1n) is 5.60. The van der Waals surface area contributed by atoms with Crippen molar-refractivity contribution >= 4 is 23.5 Å². The molecule has 90 valence electrons. The highest BCUT2D eigenvalue weighted by atomic mass is 32.1. The summed E-state index contributed by atoms with van der Waals surface area (Å²) in [7, 11) is 0. The molecule has 17 heavy (non-hydrogen) atoms. The van der Waals surface area contributed by atoms with Crippen LogP contribution in [-0.2, 0) is 5.41 Å². The standard InChI is InChI=1S/C13H16N2OS/c1-8(17)13(2,3)12-14-10-7-5-4-6-9(10)11(16)15-12/h4-8,17H,1-3H3,(H,14,15,16). The van der Waals surface area contributed by atoms with E-state index in [1.807, 2.05) is 39.0 Å². The van der Waals surface area contributed by atoms with Crippen LogP contribution >= 0.6 is 12.6 Å². The molecule has 1 aromatic carbocycles. The van der Waals surface area contributed by atoms with E-state index in [4.69, 9.17) is 0 Å². The van der Waals surface area contributed by atoms with Crippen molar-refractivity contribution in [2.24, 2.45) is 0 Å². The van der Waals surface area contributed by atoms with Gasteiger partial charge in [-0.3, -0.25) is 4.79 Å². The zero-order valence-corrected chi connectivity index (χ0v) is 11.1. The van der Waals surface area contributed by atoms with E-state index < -0.39 is 0 Å². The van der Waals surface area contributed by atoms with Crippen molar-refractivity contribution in [1.82, 2.24) is 9.97 Å². The third-order valence-electron chi connectivity index (χ3n) is 3.27. The van der Waals surface area contributed by atoms with Crippen LogP contribution in [0.3, 0.4) is 0 Å². The van der Waals surface area contributed by atoms with Crippen molar-refractivity contribution in [3.63, 3.8) is 0 Å². The summed E-state index contributed by atoms with van der Waals surface area (Å²) in [5.74, 6) is 0.684. The topological polar surface area (TPSA) is 45.8 Å². The Labute approximate surface area is 106 Å². The smallest absolute Gasteiger partial charge is 0.258 e. The summed E-state index contributed by atoms with van der Waals surface area (Å²) in [4.78, 5) is 19.3. The second kappa shape index (κ2) is 4.18. The van der Waals surface area contributed by atoms with E-state index in [0.29, 0.717) is 11.2 Å². The van der Waals surface area contributed by atoms with Gasteiger partial charge in [0, 0.05) is 10.7 Å². The molecule has 2 rings (SSSR count). The molecule has 4 heteroatoms. The number of aromatic amines is 1. The molecule has 1 atom stereocenters. The Bertz CT molecular complexity index is 602. The van der Waals surface area contributed by atoms with Crippen molar-refractivity contribution in [2.45, 2.75) is 31.4 Å². The van der Waals surface area contributed by atoms with E-state index in [1.165, 1.54) is 0 Å². The van der Waals surface area contributed by atoms with E-state index in [0.717, 1.165) is 5.52 Å². The Morgan fingerprint density at radius 3 is 2.65 bits per heavy atom. The third kappa shape index (κ3) is 2.09. The molecule has 0 saturated carbocycles. The molecule has 0 amide bonds. The third-order valence-corrected chi connectivity index (χ3v) is 3.91. The maximum Gasteiger partial charge on any atom is 0.258 e. The summed E-state index contributed by atoms with van der Waals surface area (Å²) in [5, 5.41) is 0.727. The first kappa shape index (κ1) is 12.2. The van der Waals surface area contributed by atoms with Gasteiger partial charge in [-0.1, -0.05) is 32.9 Å². The van der Waals surface area contributed by atoms with Gasteiger partial charge in [-0.25, -0.2) is 4.98 Å². The van der Waals surface area contributed by atoms with Crippen LogP contribution in [0.4, 0.5) is 0 Å². The molecule has 0 bridgehead atoms. The number of rotatable bonds is 2. The number of para-hydroxylation sites is 1. The quantitative estimate of drug-likeness (QED) is 0.802. The highest BCUT2D eigenvalue weighted by Crippen LogP contribution is 2.27. The van der Waals surface area contributed by atoms with Crippen LogP contribution in [0.15, 0.2) is 29.1 Å². The van der Waals surface area contributed by atoms with E-state index in [1.54, 1.807) is 6.07 Å². The summed E-state index contributed by atoms with van der Waals surface area (Å²) in [5.41, 5.74) is 0.368. The summed E-state index contributed by atoms with van der Waals surface area (Å²) in [6, 6.07) is 7.36. The highest BCUT2D eigenvalue weighted by molar-refractivity contribution is 7.81. The predicted molar refractivity (Wildman–Crippen MR) is 73.8 cm³/mol. The van der Waals surface area contributed by atoms with Crippen LogP contribution < -0.4 is 5.56 Å². The Hall–Kier alpha value is -1.29. The van der Waals surface area contributed by atoms with Crippen LogP contribution in [0.2, 0.25) is 0 Å². The number of aromatic nitrogens is 2. The van der Waals surface area contributed by atoms with Gasteiger partial charge in [0.1, 0.15) is 5.82 Å². The van der Waals surface area contributed by atoms with Crippen molar-refractivity contribution in [1.29, 1.82) is 0 Å². The van der Waals surface area contributed by atoms with E-state index in [2.05, 4.69) is 22.6 Å². The first-order valence-corrected chi connectivity index (χ1v) is 6.12. The summed E-state index contributed by atoms with van der Waals surface area (Å²) < 4.78 is 0. The van der Waals surface area contributed by atoms with E-state index in [-0.39, 0.29) is 16.2 Å². The number of hydrogen-bond donors (Lipinski definition) is 2. The van der Waals surface area contributed by atoms with Gasteiger partial charge in [0.25, 0.3) is 5.56 Å². The largest absolute Gasteiger partial charge is 0.310 e. The van der Waals surface area contributed by atoms with Crippen LogP contribution in [0.25, 0.3) is 10.9 Å². The number of thiol groups is 1. The number of hydrogen-bond acceptors (Lipinski definition) is 3. The lowest BCUT2D eigenvalue weighted by Crippen LogP contribution is -2.32. The van der Waals surface area contributed by atoms with Crippen LogP contribution in [0.5, 0.6) is 0 Å². The second-order valence-corrected chi connectivity index (χ2v) is 5.60. The molecule has 0 fully saturated rings. The molecule has 1 aromatic heterocycles. The van der Waals surface area contributed by atoms with Gasteiger partial charge in [-0.15, -0.1) is 0 Å². The van der Waals surface area contributed by atoms with Gasteiger partial charge in [-0.05, 0) is 12.1 Å². The molecule has 1 heterocycles. The fraction of sp³-hybridized carbons (Fsp3) is 0.385. The number of nitrogens with zero attached hydrogens (tertiary/aromatic N) is 1. The lowest BCUT2D eigenvalue weighted by atomic mass is 9.88. The number of benzene rings is 1. The van der Waals surface area contributed by atoms with Crippen molar-refractivity contribution < 1.29 is 0 Å². The summed E-state index contributed by atoms with van der Waals surface area (Å²) >= 11 is 4.46.